The van der Waals surface area contributed by atoms with E-state index < -0.39 is 17.5 Å². The summed E-state index contributed by atoms with van der Waals surface area (Å²) < 4.78 is 16.1. The van der Waals surface area contributed by atoms with E-state index in [1.54, 1.807) is 25.1 Å². The predicted molar refractivity (Wildman–Crippen MR) is 137 cm³/mol. The fraction of sp³-hybridized carbons (Fsp3) is 0.222. The van der Waals surface area contributed by atoms with Crippen LogP contribution in [0.2, 0.25) is 0 Å². The van der Waals surface area contributed by atoms with Gasteiger partial charge in [0, 0.05) is 28.5 Å². The maximum absolute atomic E-state index is 12.8. The maximum atomic E-state index is 12.8. The smallest absolute Gasteiger partial charge is 0.341 e. The third-order valence-corrected chi connectivity index (χ3v) is 6.53. The molecule has 4 aromatic rings. The van der Waals surface area contributed by atoms with E-state index in [1.807, 2.05) is 44.4 Å². The Kier molecular flexibility index (Phi) is 7.02. The number of carbonyl (C=O) groups is 2. The van der Waals surface area contributed by atoms with Crippen molar-refractivity contribution < 1.29 is 23.5 Å². The molecule has 2 aromatic carbocycles. The summed E-state index contributed by atoms with van der Waals surface area (Å²) in [6.45, 7) is 7.51. The minimum atomic E-state index is -0.502. The van der Waals surface area contributed by atoms with E-state index in [0.29, 0.717) is 27.5 Å². The second-order valence-electron chi connectivity index (χ2n) is 8.12. The van der Waals surface area contributed by atoms with Crippen molar-refractivity contribution in [3.05, 3.63) is 80.5 Å². The first-order valence-electron chi connectivity index (χ1n) is 11.1. The highest BCUT2D eigenvalue weighted by Gasteiger charge is 2.23. The third-order valence-electron chi connectivity index (χ3n) is 5.63. The quantitative estimate of drug-likeness (QED) is 0.266. The average Bonchev–Trinajstić information content (AvgIpc) is 3.22. The molecule has 0 unspecified atom stereocenters. The maximum Gasteiger partial charge on any atom is 0.341 e. The summed E-state index contributed by atoms with van der Waals surface area (Å²) in [6.07, 6.45) is 0. The molecule has 7 nitrogen and oxygen atoms in total. The molecule has 180 valence electrons. The molecule has 4 rings (SSSR count). The number of thiophene rings is 1. The number of ether oxygens (including phenoxy) is 2. The van der Waals surface area contributed by atoms with E-state index in [-0.39, 0.29) is 13.2 Å². The average molecular weight is 492 g/mol. The zero-order chi connectivity index (χ0) is 25.1. The molecule has 0 fully saturated rings. The van der Waals surface area contributed by atoms with E-state index in [0.717, 1.165) is 27.6 Å². The van der Waals surface area contributed by atoms with Crippen LogP contribution in [0.1, 0.15) is 34.0 Å². The number of hydrogen-bond acceptors (Lipinski definition) is 7. The van der Waals surface area contributed by atoms with Crippen LogP contribution in [0, 0.1) is 20.8 Å². The van der Waals surface area contributed by atoms with Crippen molar-refractivity contribution in [3.8, 4) is 16.9 Å². The summed E-state index contributed by atoms with van der Waals surface area (Å²) in [5.41, 5.74) is 4.87. The van der Waals surface area contributed by atoms with E-state index in [4.69, 9.17) is 13.9 Å². The number of benzene rings is 2. The van der Waals surface area contributed by atoms with Crippen molar-refractivity contribution in [2.75, 3.05) is 18.5 Å². The second kappa shape index (κ2) is 10.1. The van der Waals surface area contributed by atoms with Gasteiger partial charge in [0.25, 0.3) is 5.91 Å². The van der Waals surface area contributed by atoms with Crippen LogP contribution in [-0.2, 0) is 9.53 Å². The molecule has 0 aliphatic carbocycles. The fourth-order valence-corrected chi connectivity index (χ4v) is 4.66. The first-order chi connectivity index (χ1) is 16.8. The first kappa shape index (κ1) is 24.2. The molecule has 0 atom stereocenters. The Balaban J connectivity index is 1.54. The monoisotopic (exact) mass is 491 g/mol. The predicted octanol–water partition coefficient (Wildman–Crippen LogP) is 5.64. The van der Waals surface area contributed by atoms with Crippen molar-refractivity contribution in [3.63, 3.8) is 0 Å². The summed E-state index contributed by atoms with van der Waals surface area (Å²) in [5.74, 6) is -0.554. The highest BCUT2D eigenvalue weighted by molar-refractivity contribution is 7.15. The third kappa shape index (κ3) is 5.27. The Hall–Kier alpha value is -3.91. The molecule has 0 spiro atoms. The lowest BCUT2D eigenvalue weighted by atomic mass is 9.99. The van der Waals surface area contributed by atoms with Gasteiger partial charge in [0.1, 0.15) is 21.9 Å². The Bertz CT molecular complexity index is 1480. The molecule has 0 bridgehead atoms. The van der Waals surface area contributed by atoms with Gasteiger partial charge in [0.2, 0.25) is 0 Å². The number of rotatable bonds is 7. The van der Waals surface area contributed by atoms with Gasteiger partial charge in [0.15, 0.2) is 6.61 Å². The molecular weight excluding hydrogens is 466 g/mol. The number of hydrogen-bond donors (Lipinski definition) is 1. The number of anilines is 1. The van der Waals surface area contributed by atoms with Crippen molar-refractivity contribution in [2.24, 2.45) is 0 Å². The van der Waals surface area contributed by atoms with Gasteiger partial charge < -0.3 is 19.2 Å². The summed E-state index contributed by atoms with van der Waals surface area (Å²) in [7, 11) is 0. The Morgan fingerprint density at radius 3 is 2.54 bits per heavy atom. The van der Waals surface area contributed by atoms with Gasteiger partial charge >= 0.3 is 11.6 Å². The number of carbonyl (C=O) groups excluding carboxylic acids is 2. The molecule has 2 heterocycles. The van der Waals surface area contributed by atoms with Crippen LogP contribution < -0.4 is 15.7 Å². The van der Waals surface area contributed by atoms with E-state index in [9.17, 15) is 14.4 Å². The van der Waals surface area contributed by atoms with E-state index >= 15 is 0 Å². The topological polar surface area (TPSA) is 94.8 Å². The lowest BCUT2D eigenvalue weighted by Gasteiger charge is -2.11. The minimum Gasteiger partial charge on any atom is -0.484 e. The fourth-order valence-electron chi connectivity index (χ4n) is 3.68. The summed E-state index contributed by atoms with van der Waals surface area (Å²) in [5, 5.41) is 5.79. The number of esters is 1. The second-order valence-corrected chi connectivity index (χ2v) is 9.00. The molecular formula is C27H25NO6S. The molecule has 0 aliphatic heterocycles. The molecule has 0 saturated heterocycles. The van der Waals surface area contributed by atoms with E-state index in [2.05, 4.69) is 5.32 Å². The molecule has 0 aliphatic rings. The minimum absolute atomic E-state index is 0.217. The summed E-state index contributed by atoms with van der Waals surface area (Å²) in [4.78, 5) is 37.1. The molecule has 1 amide bonds. The molecule has 0 saturated carbocycles. The Morgan fingerprint density at radius 1 is 1.00 bits per heavy atom. The number of fused-ring (bicyclic) bond motifs is 1. The van der Waals surface area contributed by atoms with Crippen molar-refractivity contribution in [1.82, 2.24) is 0 Å². The molecule has 1 N–H and O–H groups in total. The van der Waals surface area contributed by atoms with Crippen LogP contribution in [-0.4, -0.2) is 25.1 Å². The molecule has 0 radical (unpaired) electrons. The molecule has 2 aromatic heterocycles. The Morgan fingerprint density at radius 2 is 1.80 bits per heavy atom. The molecule has 35 heavy (non-hydrogen) atoms. The molecule has 8 heteroatoms. The number of nitrogens with one attached hydrogen (secondary N) is 1. The van der Waals surface area contributed by atoms with Gasteiger partial charge in [-0.25, -0.2) is 9.59 Å². The van der Waals surface area contributed by atoms with Crippen LogP contribution >= 0.6 is 11.3 Å². The standard InChI is InChI=1S/C27H25NO6S/c1-5-32-27(31)25-21(18-7-6-15(2)16(3)10-18)14-35-26(25)28-23(29)13-33-19-8-9-20-17(4)11-24(30)34-22(20)12-19/h6-12,14H,5,13H2,1-4H3,(H,28,29). The largest absolute Gasteiger partial charge is 0.484 e. The van der Waals surface area contributed by atoms with Gasteiger partial charge in [-0.05, 0) is 62.1 Å². The normalized spacial score (nSPS) is 10.9. The van der Waals surface area contributed by atoms with Gasteiger partial charge in [-0.1, -0.05) is 18.2 Å². The van der Waals surface area contributed by atoms with Gasteiger partial charge in [-0.15, -0.1) is 11.3 Å². The van der Waals surface area contributed by atoms with Crippen molar-refractivity contribution in [1.29, 1.82) is 0 Å². The van der Waals surface area contributed by atoms with Gasteiger partial charge in [0.05, 0.1) is 6.61 Å². The zero-order valence-electron chi connectivity index (χ0n) is 19.9. The SMILES string of the molecule is CCOC(=O)c1c(-c2ccc(C)c(C)c2)csc1NC(=O)COc1ccc2c(C)cc(=O)oc2c1. The van der Waals surface area contributed by atoms with Crippen LogP contribution in [0.4, 0.5) is 5.00 Å². The van der Waals surface area contributed by atoms with Crippen molar-refractivity contribution in [2.45, 2.75) is 27.7 Å². The summed E-state index contributed by atoms with van der Waals surface area (Å²) >= 11 is 1.25. The number of aryl methyl sites for hydroxylation is 3. The van der Waals surface area contributed by atoms with Crippen LogP contribution in [0.15, 0.2) is 57.1 Å². The van der Waals surface area contributed by atoms with Crippen LogP contribution in [0.25, 0.3) is 22.1 Å². The van der Waals surface area contributed by atoms with Crippen LogP contribution in [0.3, 0.4) is 0 Å². The number of amides is 1. The van der Waals surface area contributed by atoms with Crippen LogP contribution in [0.5, 0.6) is 5.75 Å². The van der Waals surface area contributed by atoms with Crippen molar-refractivity contribution >= 4 is 39.2 Å². The first-order valence-corrected chi connectivity index (χ1v) is 12.0. The van der Waals surface area contributed by atoms with E-state index in [1.165, 1.54) is 17.4 Å². The highest BCUT2D eigenvalue weighted by atomic mass is 32.1. The zero-order valence-corrected chi connectivity index (χ0v) is 20.7. The highest BCUT2D eigenvalue weighted by Crippen LogP contribution is 2.37. The van der Waals surface area contributed by atoms with Gasteiger partial charge in [-0.2, -0.15) is 0 Å². The summed E-state index contributed by atoms with van der Waals surface area (Å²) in [6, 6.07) is 12.4. The Labute approximate surface area is 206 Å². The lowest BCUT2D eigenvalue weighted by molar-refractivity contribution is -0.118. The lowest BCUT2D eigenvalue weighted by Crippen LogP contribution is -2.21. The van der Waals surface area contributed by atoms with Gasteiger partial charge in [-0.3, -0.25) is 4.79 Å².